The Labute approximate surface area is 89.5 Å². The van der Waals surface area contributed by atoms with Crippen LogP contribution in [0.15, 0.2) is 55.0 Å². The molecule has 0 bridgehead atoms. The highest BCUT2D eigenvalue weighted by Crippen LogP contribution is 2.07. The fourth-order valence-electron chi connectivity index (χ4n) is 0.872. The van der Waals surface area contributed by atoms with Gasteiger partial charge in [0, 0.05) is 25.6 Å². The number of pyridine rings is 1. The van der Waals surface area contributed by atoms with E-state index in [0.29, 0.717) is 0 Å². The zero-order valence-corrected chi connectivity index (χ0v) is 8.80. The average molecular weight is 209 g/mol. The van der Waals surface area contributed by atoms with Crippen LogP contribution in [0.1, 0.15) is 0 Å². The van der Waals surface area contributed by atoms with Crippen LogP contribution in [-0.4, -0.2) is 22.4 Å². The van der Waals surface area contributed by atoms with Gasteiger partial charge in [0.1, 0.15) is 5.50 Å². The fourth-order valence-corrected chi connectivity index (χ4v) is 1.02. The molecule has 1 aromatic heterocycles. The van der Waals surface area contributed by atoms with Crippen molar-refractivity contribution in [1.82, 2.24) is 9.88 Å². The fraction of sp³-hybridized carbons (Fsp3) is 0.182. The first kappa shape index (κ1) is 10.8. The van der Waals surface area contributed by atoms with Gasteiger partial charge in [-0.1, -0.05) is 23.7 Å². The molecule has 0 saturated heterocycles. The monoisotopic (exact) mass is 208 g/mol. The summed E-state index contributed by atoms with van der Waals surface area (Å²) < 4.78 is 0. The van der Waals surface area contributed by atoms with E-state index in [1.165, 1.54) is 0 Å². The molecule has 1 unspecified atom stereocenters. The van der Waals surface area contributed by atoms with E-state index in [-0.39, 0.29) is 5.50 Å². The standard InChI is InChI=1S/C6H8ClN.C5H5N/c1-8-5-3-2-4-6(8)7;1-2-4-6-5-3-1/h2-6H,1H3;1-5H. The maximum absolute atomic E-state index is 5.75. The van der Waals surface area contributed by atoms with Crippen LogP contribution in [-0.2, 0) is 0 Å². The van der Waals surface area contributed by atoms with Crippen molar-refractivity contribution < 1.29 is 0 Å². The number of alkyl halides is 1. The van der Waals surface area contributed by atoms with E-state index in [0.717, 1.165) is 0 Å². The first-order chi connectivity index (χ1) is 6.80. The lowest BCUT2D eigenvalue weighted by atomic mass is 10.4. The zero-order chi connectivity index (χ0) is 10.2. The minimum Gasteiger partial charge on any atom is -0.361 e. The van der Waals surface area contributed by atoms with Gasteiger partial charge in [-0.25, -0.2) is 0 Å². The topological polar surface area (TPSA) is 16.1 Å². The summed E-state index contributed by atoms with van der Waals surface area (Å²) in [5, 5.41) is 0. The summed E-state index contributed by atoms with van der Waals surface area (Å²) in [6.45, 7) is 0. The largest absolute Gasteiger partial charge is 0.361 e. The van der Waals surface area contributed by atoms with Gasteiger partial charge in [0.15, 0.2) is 0 Å². The Morgan fingerprint density at radius 3 is 2.14 bits per heavy atom. The van der Waals surface area contributed by atoms with Crippen molar-refractivity contribution in [3.05, 3.63) is 55.0 Å². The molecule has 0 spiro atoms. The van der Waals surface area contributed by atoms with Gasteiger partial charge in [-0.15, -0.1) is 0 Å². The first-order valence-corrected chi connectivity index (χ1v) is 4.80. The third kappa shape index (κ3) is 4.10. The van der Waals surface area contributed by atoms with Gasteiger partial charge in [-0.05, 0) is 24.3 Å². The van der Waals surface area contributed by atoms with Gasteiger partial charge in [0.25, 0.3) is 0 Å². The van der Waals surface area contributed by atoms with Crippen molar-refractivity contribution in [2.24, 2.45) is 0 Å². The molecule has 14 heavy (non-hydrogen) atoms. The Morgan fingerprint density at radius 1 is 1.14 bits per heavy atom. The van der Waals surface area contributed by atoms with Gasteiger partial charge in [0.05, 0.1) is 0 Å². The summed E-state index contributed by atoms with van der Waals surface area (Å²) >= 11 is 5.75. The van der Waals surface area contributed by atoms with Crippen molar-refractivity contribution >= 4 is 11.6 Å². The molecule has 1 atom stereocenters. The van der Waals surface area contributed by atoms with Crippen LogP contribution in [0.3, 0.4) is 0 Å². The molecular formula is C11H13ClN2. The van der Waals surface area contributed by atoms with E-state index >= 15 is 0 Å². The second-order valence-corrected chi connectivity index (χ2v) is 3.24. The molecule has 2 rings (SSSR count). The molecule has 3 heteroatoms. The summed E-state index contributed by atoms with van der Waals surface area (Å²) in [6, 6.07) is 5.72. The maximum Gasteiger partial charge on any atom is 0.122 e. The van der Waals surface area contributed by atoms with E-state index in [2.05, 4.69) is 4.98 Å². The Hall–Kier alpha value is -1.28. The van der Waals surface area contributed by atoms with Crippen LogP contribution in [0.2, 0.25) is 0 Å². The van der Waals surface area contributed by atoms with Crippen LogP contribution in [0.5, 0.6) is 0 Å². The molecule has 0 amide bonds. The normalized spacial score (nSPS) is 18.7. The van der Waals surface area contributed by atoms with Gasteiger partial charge >= 0.3 is 0 Å². The second kappa shape index (κ2) is 6.22. The van der Waals surface area contributed by atoms with Crippen LogP contribution < -0.4 is 0 Å². The number of aromatic nitrogens is 1. The van der Waals surface area contributed by atoms with Crippen LogP contribution in [0.4, 0.5) is 0 Å². The highest BCUT2D eigenvalue weighted by molar-refractivity contribution is 6.21. The Bertz CT molecular complexity index is 253. The van der Waals surface area contributed by atoms with Crippen molar-refractivity contribution in [2.45, 2.75) is 5.50 Å². The number of hydrogen-bond acceptors (Lipinski definition) is 2. The summed E-state index contributed by atoms with van der Waals surface area (Å²) in [5.74, 6) is 0. The minimum atomic E-state index is 0.0417. The number of rotatable bonds is 0. The van der Waals surface area contributed by atoms with E-state index < -0.39 is 0 Å². The van der Waals surface area contributed by atoms with Crippen molar-refractivity contribution in [3.63, 3.8) is 0 Å². The lowest BCUT2D eigenvalue weighted by Crippen LogP contribution is -2.20. The lowest BCUT2D eigenvalue weighted by molar-refractivity contribution is 0.467. The maximum atomic E-state index is 5.75. The summed E-state index contributed by atoms with van der Waals surface area (Å²) in [5.41, 5.74) is 0.0417. The Balaban J connectivity index is 0.000000146. The molecule has 0 saturated carbocycles. The molecule has 1 aliphatic heterocycles. The number of halogens is 1. The number of allylic oxidation sites excluding steroid dienone is 2. The predicted octanol–water partition coefficient (Wildman–Crippen LogP) is 2.65. The first-order valence-electron chi connectivity index (χ1n) is 4.36. The van der Waals surface area contributed by atoms with Crippen molar-refractivity contribution in [1.29, 1.82) is 0 Å². The molecular weight excluding hydrogens is 196 g/mol. The average Bonchev–Trinajstić information content (AvgIpc) is 2.26. The molecule has 0 N–H and O–H groups in total. The lowest BCUT2D eigenvalue weighted by Gasteiger charge is -2.19. The van der Waals surface area contributed by atoms with E-state index in [4.69, 9.17) is 11.6 Å². The van der Waals surface area contributed by atoms with E-state index in [9.17, 15) is 0 Å². The van der Waals surface area contributed by atoms with E-state index in [1.807, 2.05) is 54.6 Å². The van der Waals surface area contributed by atoms with Gasteiger partial charge in [-0.2, -0.15) is 0 Å². The van der Waals surface area contributed by atoms with Crippen molar-refractivity contribution in [2.75, 3.05) is 7.05 Å². The Morgan fingerprint density at radius 2 is 1.86 bits per heavy atom. The molecule has 1 aromatic rings. The Kier molecular flexibility index (Phi) is 4.79. The summed E-state index contributed by atoms with van der Waals surface area (Å²) in [7, 11) is 1.94. The highest BCUT2D eigenvalue weighted by atomic mass is 35.5. The number of likely N-dealkylation sites (N-methyl/N-ethyl adjacent to an activating group) is 1. The molecule has 0 fully saturated rings. The van der Waals surface area contributed by atoms with Gasteiger partial charge in [-0.3, -0.25) is 4.98 Å². The van der Waals surface area contributed by atoms with Crippen LogP contribution >= 0.6 is 11.6 Å². The van der Waals surface area contributed by atoms with Crippen LogP contribution in [0.25, 0.3) is 0 Å². The molecule has 2 nitrogen and oxygen atoms in total. The third-order valence-electron chi connectivity index (χ3n) is 1.66. The molecule has 0 aliphatic carbocycles. The molecule has 1 aliphatic rings. The smallest absolute Gasteiger partial charge is 0.122 e. The quantitative estimate of drug-likeness (QED) is 0.482. The highest BCUT2D eigenvalue weighted by Gasteiger charge is 2.03. The summed E-state index contributed by atoms with van der Waals surface area (Å²) in [6.07, 6.45) is 11.3. The minimum absolute atomic E-state index is 0.0417. The number of hydrogen-bond donors (Lipinski definition) is 0. The van der Waals surface area contributed by atoms with Gasteiger partial charge < -0.3 is 4.90 Å². The van der Waals surface area contributed by atoms with E-state index in [1.54, 1.807) is 12.4 Å². The number of nitrogens with zero attached hydrogens (tertiary/aromatic N) is 2. The molecule has 0 aromatic carbocycles. The van der Waals surface area contributed by atoms with Gasteiger partial charge in [0.2, 0.25) is 0 Å². The zero-order valence-electron chi connectivity index (χ0n) is 8.05. The summed E-state index contributed by atoms with van der Waals surface area (Å²) in [4.78, 5) is 5.72. The second-order valence-electron chi connectivity index (χ2n) is 2.79. The van der Waals surface area contributed by atoms with Crippen molar-refractivity contribution in [3.8, 4) is 0 Å². The molecule has 74 valence electrons. The van der Waals surface area contributed by atoms with Crippen LogP contribution in [0, 0.1) is 0 Å². The molecule has 2 heterocycles. The SMILES string of the molecule is CN1C=CC=CC1Cl.c1ccncc1. The third-order valence-corrected chi connectivity index (χ3v) is 2.11. The predicted molar refractivity (Wildman–Crippen MR) is 59.9 cm³/mol. The molecule has 0 radical (unpaired) electrons.